The smallest absolute Gasteiger partial charge is 0.253 e. The molecule has 0 spiro atoms. The Labute approximate surface area is 141 Å². The number of amides is 2. The minimum atomic E-state index is -0.287. The minimum Gasteiger partial charge on any atom is -0.355 e. The van der Waals surface area contributed by atoms with E-state index in [0.29, 0.717) is 22.7 Å². The molecule has 1 saturated carbocycles. The van der Waals surface area contributed by atoms with E-state index in [1.54, 1.807) is 12.1 Å². The van der Waals surface area contributed by atoms with E-state index in [1.165, 1.54) is 13.1 Å². The molecule has 0 aromatic heterocycles. The number of nitrogens with two attached hydrogens (primary N) is 1. The Bertz CT molecular complexity index is 552. The van der Waals surface area contributed by atoms with Crippen molar-refractivity contribution in [1.82, 2.24) is 5.32 Å². The van der Waals surface area contributed by atoms with Crippen molar-refractivity contribution in [2.24, 2.45) is 11.7 Å². The predicted octanol–water partition coefficient (Wildman–Crippen LogP) is 2.58. The quantitative estimate of drug-likeness (QED) is 0.783. The van der Waals surface area contributed by atoms with Gasteiger partial charge in [0.2, 0.25) is 5.91 Å². The topological polar surface area (TPSA) is 84.2 Å². The van der Waals surface area contributed by atoms with Crippen molar-refractivity contribution >= 4 is 41.5 Å². The standard InChI is InChI=1S/C15H20ClN3O2.ClH/c1-18-15(21)11-8-10(16)5-6-13(11)19-14(20)7-9-3-2-4-12(9)17;/h5-6,8-9,12H,2-4,7,17H2,1H3,(H,18,21)(H,19,20);1H/t9-,12+;/m0./s1. The highest BCUT2D eigenvalue weighted by atomic mass is 35.5. The molecular formula is C15H21Cl2N3O2. The zero-order valence-corrected chi connectivity index (χ0v) is 14.0. The number of nitrogens with one attached hydrogen (secondary N) is 2. The first-order valence-electron chi connectivity index (χ1n) is 7.08. The van der Waals surface area contributed by atoms with Gasteiger partial charge in [0.25, 0.3) is 5.91 Å². The normalized spacial score (nSPS) is 20.1. The Morgan fingerprint density at radius 2 is 2.09 bits per heavy atom. The summed E-state index contributed by atoms with van der Waals surface area (Å²) >= 11 is 5.90. The van der Waals surface area contributed by atoms with Crippen molar-refractivity contribution in [3.63, 3.8) is 0 Å². The van der Waals surface area contributed by atoms with Crippen LogP contribution >= 0.6 is 24.0 Å². The molecule has 1 aromatic rings. The van der Waals surface area contributed by atoms with Crippen LogP contribution in [0.2, 0.25) is 5.02 Å². The second-order valence-corrected chi connectivity index (χ2v) is 5.81. The maximum atomic E-state index is 12.1. The van der Waals surface area contributed by atoms with Crippen LogP contribution in [0.15, 0.2) is 18.2 Å². The number of carbonyl (C=O) groups excluding carboxylic acids is 2. The Morgan fingerprint density at radius 3 is 2.68 bits per heavy atom. The highest BCUT2D eigenvalue weighted by Crippen LogP contribution is 2.28. The Hall–Kier alpha value is -1.30. The van der Waals surface area contributed by atoms with Crippen LogP contribution in [0.3, 0.4) is 0 Å². The van der Waals surface area contributed by atoms with Gasteiger partial charge in [-0.3, -0.25) is 9.59 Å². The second kappa shape index (κ2) is 8.36. The molecule has 2 amide bonds. The van der Waals surface area contributed by atoms with E-state index in [4.69, 9.17) is 17.3 Å². The molecule has 0 heterocycles. The first-order chi connectivity index (χ1) is 10.0. The first-order valence-corrected chi connectivity index (χ1v) is 7.46. The van der Waals surface area contributed by atoms with Crippen LogP contribution in [0.1, 0.15) is 36.0 Å². The summed E-state index contributed by atoms with van der Waals surface area (Å²) in [6.45, 7) is 0. The van der Waals surface area contributed by atoms with Crippen LogP contribution < -0.4 is 16.4 Å². The molecule has 2 rings (SSSR count). The second-order valence-electron chi connectivity index (χ2n) is 5.38. The van der Waals surface area contributed by atoms with Crippen LogP contribution in [0.25, 0.3) is 0 Å². The number of halogens is 2. The van der Waals surface area contributed by atoms with E-state index in [9.17, 15) is 9.59 Å². The lowest BCUT2D eigenvalue weighted by Gasteiger charge is -2.16. The van der Waals surface area contributed by atoms with Gasteiger partial charge in [0, 0.05) is 24.5 Å². The lowest BCUT2D eigenvalue weighted by atomic mass is 9.99. The van der Waals surface area contributed by atoms with Gasteiger partial charge in [-0.1, -0.05) is 18.0 Å². The van der Waals surface area contributed by atoms with Gasteiger partial charge < -0.3 is 16.4 Å². The number of hydrogen-bond acceptors (Lipinski definition) is 3. The summed E-state index contributed by atoms with van der Waals surface area (Å²) in [5, 5.41) is 5.77. The average molecular weight is 346 g/mol. The summed E-state index contributed by atoms with van der Waals surface area (Å²) < 4.78 is 0. The van der Waals surface area contributed by atoms with Crippen LogP contribution in [0.4, 0.5) is 5.69 Å². The lowest BCUT2D eigenvalue weighted by Crippen LogP contribution is -2.29. The molecule has 0 radical (unpaired) electrons. The van der Waals surface area contributed by atoms with E-state index in [0.717, 1.165) is 19.3 Å². The zero-order valence-electron chi connectivity index (χ0n) is 12.4. The van der Waals surface area contributed by atoms with Crippen LogP contribution in [-0.2, 0) is 4.79 Å². The molecular weight excluding hydrogens is 325 g/mol. The fourth-order valence-corrected chi connectivity index (χ4v) is 2.88. The van der Waals surface area contributed by atoms with Crippen LogP contribution in [0.5, 0.6) is 0 Å². The molecule has 0 bridgehead atoms. The maximum Gasteiger partial charge on any atom is 0.253 e. The summed E-state index contributed by atoms with van der Waals surface area (Å²) in [6, 6.07) is 4.92. The Balaban J connectivity index is 0.00000242. The van der Waals surface area contributed by atoms with E-state index >= 15 is 0 Å². The molecule has 0 unspecified atom stereocenters. The summed E-state index contributed by atoms with van der Waals surface area (Å²) in [5.74, 6) is -0.184. The molecule has 0 aliphatic heterocycles. The number of benzene rings is 1. The fraction of sp³-hybridized carbons (Fsp3) is 0.467. The molecule has 4 N–H and O–H groups in total. The molecule has 122 valence electrons. The molecule has 2 atom stereocenters. The highest BCUT2D eigenvalue weighted by molar-refractivity contribution is 6.31. The van der Waals surface area contributed by atoms with Gasteiger partial charge in [-0.25, -0.2) is 0 Å². The van der Waals surface area contributed by atoms with Crippen molar-refractivity contribution in [2.45, 2.75) is 31.7 Å². The molecule has 22 heavy (non-hydrogen) atoms. The largest absolute Gasteiger partial charge is 0.355 e. The van der Waals surface area contributed by atoms with Gasteiger partial charge in [0.15, 0.2) is 0 Å². The molecule has 1 aliphatic rings. The van der Waals surface area contributed by atoms with Crippen molar-refractivity contribution in [1.29, 1.82) is 0 Å². The van der Waals surface area contributed by atoms with Gasteiger partial charge in [-0.2, -0.15) is 0 Å². The maximum absolute atomic E-state index is 12.1. The zero-order chi connectivity index (χ0) is 15.4. The summed E-state index contributed by atoms with van der Waals surface area (Å²) in [6.07, 6.45) is 3.42. The molecule has 0 saturated heterocycles. The predicted molar refractivity (Wildman–Crippen MR) is 90.7 cm³/mol. The summed E-state index contributed by atoms with van der Waals surface area (Å²) in [7, 11) is 1.53. The van der Waals surface area contributed by atoms with E-state index in [2.05, 4.69) is 10.6 Å². The first kappa shape index (κ1) is 18.7. The monoisotopic (exact) mass is 345 g/mol. The Kier molecular flexibility index (Phi) is 7.13. The lowest BCUT2D eigenvalue weighted by molar-refractivity contribution is -0.117. The Morgan fingerprint density at radius 1 is 1.36 bits per heavy atom. The van der Waals surface area contributed by atoms with E-state index < -0.39 is 0 Å². The number of hydrogen-bond donors (Lipinski definition) is 3. The number of carbonyl (C=O) groups is 2. The van der Waals surface area contributed by atoms with Crippen LogP contribution in [-0.4, -0.2) is 24.9 Å². The van der Waals surface area contributed by atoms with Crippen molar-refractivity contribution in [2.75, 3.05) is 12.4 Å². The molecule has 5 nitrogen and oxygen atoms in total. The van der Waals surface area contributed by atoms with E-state index in [1.807, 2.05) is 0 Å². The SMILES string of the molecule is CNC(=O)c1cc(Cl)ccc1NC(=O)C[C@@H]1CCC[C@H]1N.Cl. The number of anilines is 1. The molecule has 7 heteroatoms. The molecule has 1 fully saturated rings. The van der Waals surface area contributed by atoms with Crippen molar-refractivity contribution in [3.8, 4) is 0 Å². The minimum absolute atomic E-state index is 0. The fourth-order valence-electron chi connectivity index (χ4n) is 2.71. The third-order valence-electron chi connectivity index (χ3n) is 3.89. The highest BCUT2D eigenvalue weighted by Gasteiger charge is 2.26. The van der Waals surface area contributed by atoms with Crippen LogP contribution in [0, 0.1) is 5.92 Å². The van der Waals surface area contributed by atoms with Gasteiger partial charge in [-0.05, 0) is 37.0 Å². The third kappa shape index (κ3) is 4.60. The average Bonchev–Trinajstić information content (AvgIpc) is 2.85. The van der Waals surface area contributed by atoms with Gasteiger partial charge >= 0.3 is 0 Å². The summed E-state index contributed by atoms with van der Waals surface area (Å²) in [4.78, 5) is 24.0. The van der Waals surface area contributed by atoms with E-state index in [-0.39, 0.29) is 36.2 Å². The van der Waals surface area contributed by atoms with Crippen molar-refractivity contribution in [3.05, 3.63) is 28.8 Å². The summed E-state index contributed by atoms with van der Waals surface area (Å²) in [5.41, 5.74) is 6.80. The van der Waals surface area contributed by atoms with Gasteiger partial charge in [0.05, 0.1) is 11.3 Å². The number of rotatable bonds is 4. The third-order valence-corrected chi connectivity index (χ3v) is 4.13. The molecule has 1 aromatic carbocycles. The van der Waals surface area contributed by atoms with Gasteiger partial charge in [0.1, 0.15) is 0 Å². The van der Waals surface area contributed by atoms with Gasteiger partial charge in [-0.15, -0.1) is 12.4 Å². The molecule has 1 aliphatic carbocycles. The van der Waals surface area contributed by atoms with Crippen molar-refractivity contribution < 1.29 is 9.59 Å².